The maximum Gasteiger partial charge on any atom is 0.348 e. The molecule has 21 heavy (non-hydrogen) atoms. The summed E-state index contributed by atoms with van der Waals surface area (Å²) in [4.78, 5) is 23.7. The first-order valence-electron chi connectivity index (χ1n) is 6.21. The second-order valence-corrected chi connectivity index (χ2v) is 5.96. The van der Waals surface area contributed by atoms with E-state index in [-0.39, 0.29) is 11.1 Å². The lowest BCUT2D eigenvalue weighted by Gasteiger charge is -2.29. The molecule has 0 atom stereocenters. The summed E-state index contributed by atoms with van der Waals surface area (Å²) in [6.45, 7) is 2.91. The number of fused-ring (bicyclic) bond motifs is 1. The molecule has 0 unspecified atom stereocenters. The molecule has 6 heteroatoms. The van der Waals surface area contributed by atoms with Gasteiger partial charge in [-0.25, -0.2) is 14.0 Å². The molecular formula is C15H11FO4S. The Hall–Kier alpha value is -2.21. The minimum absolute atomic E-state index is 0.147. The van der Waals surface area contributed by atoms with Gasteiger partial charge in [0.2, 0.25) is 0 Å². The number of hydrogen-bond acceptors (Lipinski definition) is 5. The Bertz CT molecular complexity index is 766. The Morgan fingerprint density at radius 1 is 1.14 bits per heavy atom. The van der Waals surface area contributed by atoms with E-state index in [4.69, 9.17) is 9.47 Å². The summed E-state index contributed by atoms with van der Waals surface area (Å²) in [6.07, 6.45) is 1.16. The smallest absolute Gasteiger partial charge is 0.348 e. The van der Waals surface area contributed by atoms with Gasteiger partial charge in [0.05, 0.1) is 4.70 Å². The van der Waals surface area contributed by atoms with Gasteiger partial charge < -0.3 is 9.47 Å². The van der Waals surface area contributed by atoms with E-state index in [1.807, 2.05) is 0 Å². The number of carbonyl (C=O) groups excluding carboxylic acids is 2. The lowest BCUT2D eigenvalue weighted by Crippen LogP contribution is -2.41. The van der Waals surface area contributed by atoms with Gasteiger partial charge in [-0.15, -0.1) is 11.3 Å². The second-order valence-electron chi connectivity index (χ2n) is 5.04. The van der Waals surface area contributed by atoms with Crippen molar-refractivity contribution in [1.82, 2.24) is 0 Å². The highest BCUT2D eigenvalue weighted by molar-refractivity contribution is 7.17. The third-order valence-electron chi connectivity index (χ3n) is 3.01. The fourth-order valence-electron chi connectivity index (χ4n) is 2.06. The van der Waals surface area contributed by atoms with Crippen LogP contribution < -0.4 is 0 Å². The number of halogens is 1. The third kappa shape index (κ3) is 2.42. The maximum atomic E-state index is 14.3. The Morgan fingerprint density at radius 2 is 1.81 bits per heavy atom. The molecule has 1 aromatic carbocycles. The first-order valence-corrected chi connectivity index (χ1v) is 7.09. The Balaban J connectivity index is 2.05. The molecule has 1 aliphatic heterocycles. The van der Waals surface area contributed by atoms with Crippen LogP contribution in [-0.2, 0) is 19.1 Å². The molecule has 0 radical (unpaired) electrons. The van der Waals surface area contributed by atoms with E-state index >= 15 is 0 Å². The zero-order valence-electron chi connectivity index (χ0n) is 11.3. The lowest BCUT2D eigenvalue weighted by molar-refractivity contribution is -0.222. The zero-order valence-corrected chi connectivity index (χ0v) is 12.1. The standard InChI is InChI=1S/C15H11FO4S/c1-15(2)19-13(17)10(14(18)20-15)7-9-4-3-8-5-6-21-12(8)11(9)16/h3-7H,1-2H3. The monoisotopic (exact) mass is 306 g/mol. The third-order valence-corrected chi connectivity index (χ3v) is 3.93. The highest BCUT2D eigenvalue weighted by Crippen LogP contribution is 2.29. The summed E-state index contributed by atoms with van der Waals surface area (Å²) in [6, 6.07) is 5.04. The first-order chi connectivity index (χ1) is 9.87. The van der Waals surface area contributed by atoms with E-state index in [1.54, 1.807) is 17.5 Å². The van der Waals surface area contributed by atoms with Gasteiger partial charge >= 0.3 is 11.9 Å². The number of thiophene rings is 1. The molecule has 108 valence electrons. The van der Waals surface area contributed by atoms with Gasteiger partial charge in [-0.05, 0) is 22.9 Å². The fourth-order valence-corrected chi connectivity index (χ4v) is 2.90. The number of carbonyl (C=O) groups is 2. The number of ether oxygens (including phenoxy) is 2. The van der Waals surface area contributed by atoms with Crippen molar-refractivity contribution in [3.8, 4) is 0 Å². The molecule has 0 aliphatic carbocycles. The van der Waals surface area contributed by atoms with Crippen molar-refractivity contribution >= 4 is 39.4 Å². The minimum atomic E-state index is -1.30. The van der Waals surface area contributed by atoms with Crippen molar-refractivity contribution in [2.24, 2.45) is 0 Å². The van der Waals surface area contributed by atoms with Crippen LogP contribution in [0.15, 0.2) is 29.2 Å². The van der Waals surface area contributed by atoms with E-state index in [0.717, 1.165) is 11.5 Å². The number of esters is 2. The van der Waals surface area contributed by atoms with Gasteiger partial charge in [0.1, 0.15) is 11.4 Å². The van der Waals surface area contributed by atoms with Crippen molar-refractivity contribution in [2.75, 3.05) is 0 Å². The van der Waals surface area contributed by atoms with Gasteiger partial charge in [-0.2, -0.15) is 0 Å². The van der Waals surface area contributed by atoms with Crippen molar-refractivity contribution in [3.05, 3.63) is 40.5 Å². The minimum Gasteiger partial charge on any atom is -0.419 e. The van der Waals surface area contributed by atoms with Crippen LogP contribution in [0.2, 0.25) is 0 Å². The van der Waals surface area contributed by atoms with E-state index in [1.165, 1.54) is 31.3 Å². The molecule has 0 spiro atoms. The predicted octanol–water partition coefficient (Wildman–Crippen LogP) is 3.26. The molecular weight excluding hydrogens is 295 g/mol. The second kappa shape index (κ2) is 4.66. The average molecular weight is 306 g/mol. The summed E-state index contributed by atoms with van der Waals surface area (Å²) in [5, 5.41) is 2.55. The Labute approximate surface area is 123 Å². The Kier molecular flexibility index (Phi) is 3.06. The number of benzene rings is 1. The van der Waals surface area contributed by atoms with Crippen LogP contribution in [0.1, 0.15) is 19.4 Å². The molecule has 0 amide bonds. The number of cyclic esters (lactones) is 2. The first kappa shape index (κ1) is 13.8. The normalized spacial score (nSPS) is 17.6. The van der Waals surface area contributed by atoms with Crippen LogP contribution >= 0.6 is 11.3 Å². The lowest BCUT2D eigenvalue weighted by atomic mass is 10.1. The van der Waals surface area contributed by atoms with Gasteiger partial charge in [0, 0.05) is 19.4 Å². The molecule has 0 N–H and O–H groups in total. The quantitative estimate of drug-likeness (QED) is 0.461. The Morgan fingerprint density at radius 3 is 2.48 bits per heavy atom. The van der Waals surface area contributed by atoms with Crippen LogP contribution in [0.25, 0.3) is 16.2 Å². The van der Waals surface area contributed by atoms with Crippen molar-refractivity contribution in [3.63, 3.8) is 0 Å². The van der Waals surface area contributed by atoms with Crippen LogP contribution in [-0.4, -0.2) is 17.7 Å². The summed E-state index contributed by atoms with van der Waals surface area (Å²) in [7, 11) is 0. The average Bonchev–Trinajstić information content (AvgIpc) is 2.84. The summed E-state index contributed by atoms with van der Waals surface area (Å²) < 4.78 is 24.7. The number of hydrogen-bond donors (Lipinski definition) is 0. The largest absolute Gasteiger partial charge is 0.419 e. The topological polar surface area (TPSA) is 52.6 Å². The molecule has 1 saturated heterocycles. The maximum absolute atomic E-state index is 14.3. The molecule has 1 aliphatic rings. The number of rotatable bonds is 1. The molecule has 4 nitrogen and oxygen atoms in total. The molecule has 0 saturated carbocycles. The zero-order chi connectivity index (χ0) is 15.2. The van der Waals surface area contributed by atoms with E-state index < -0.39 is 23.5 Å². The predicted molar refractivity (Wildman–Crippen MR) is 76.0 cm³/mol. The highest BCUT2D eigenvalue weighted by Gasteiger charge is 2.39. The van der Waals surface area contributed by atoms with E-state index in [0.29, 0.717) is 4.70 Å². The fraction of sp³-hybridized carbons (Fsp3) is 0.200. The van der Waals surface area contributed by atoms with Gasteiger partial charge in [0.25, 0.3) is 5.79 Å². The van der Waals surface area contributed by atoms with Gasteiger partial charge in [-0.1, -0.05) is 12.1 Å². The van der Waals surface area contributed by atoms with Gasteiger partial charge in [0.15, 0.2) is 0 Å². The summed E-state index contributed by atoms with van der Waals surface area (Å²) in [5.41, 5.74) is -0.169. The molecule has 1 fully saturated rings. The summed E-state index contributed by atoms with van der Waals surface area (Å²) >= 11 is 1.25. The molecule has 3 rings (SSSR count). The summed E-state index contributed by atoms with van der Waals surface area (Å²) in [5.74, 6) is -3.41. The van der Waals surface area contributed by atoms with Crippen molar-refractivity contribution in [1.29, 1.82) is 0 Å². The van der Waals surface area contributed by atoms with Crippen LogP contribution in [0, 0.1) is 5.82 Å². The highest BCUT2D eigenvalue weighted by atomic mass is 32.1. The van der Waals surface area contributed by atoms with E-state index in [2.05, 4.69) is 0 Å². The van der Waals surface area contributed by atoms with Gasteiger partial charge in [-0.3, -0.25) is 0 Å². The van der Waals surface area contributed by atoms with E-state index in [9.17, 15) is 14.0 Å². The SMILES string of the molecule is CC1(C)OC(=O)C(=Cc2ccc3ccsc3c2F)C(=O)O1. The van der Waals surface area contributed by atoms with Crippen molar-refractivity contribution in [2.45, 2.75) is 19.6 Å². The van der Waals surface area contributed by atoms with Crippen LogP contribution in [0.3, 0.4) is 0 Å². The molecule has 1 aromatic heterocycles. The molecule has 0 bridgehead atoms. The molecule has 2 aromatic rings. The van der Waals surface area contributed by atoms with Crippen molar-refractivity contribution < 1.29 is 23.5 Å². The van der Waals surface area contributed by atoms with Crippen LogP contribution in [0.5, 0.6) is 0 Å². The molecule has 2 heterocycles. The van der Waals surface area contributed by atoms with Crippen LogP contribution in [0.4, 0.5) is 4.39 Å².